The first kappa shape index (κ1) is 16.5. The van der Waals surface area contributed by atoms with Crippen LogP contribution in [0.5, 0.6) is 5.75 Å². The largest absolute Gasteiger partial charge is 0.481 e. The number of nitrogens with zero attached hydrogens (tertiary/aromatic N) is 1. The Morgan fingerprint density at radius 1 is 1.38 bits per heavy atom. The summed E-state index contributed by atoms with van der Waals surface area (Å²) in [7, 11) is 0. The van der Waals surface area contributed by atoms with Crippen LogP contribution in [-0.4, -0.2) is 22.5 Å². The van der Waals surface area contributed by atoms with E-state index in [0.717, 1.165) is 5.39 Å². The van der Waals surface area contributed by atoms with Gasteiger partial charge in [-0.05, 0) is 46.3 Å². The van der Waals surface area contributed by atoms with E-state index >= 15 is 0 Å². The Labute approximate surface area is 149 Å². The van der Waals surface area contributed by atoms with Crippen molar-refractivity contribution in [2.75, 3.05) is 11.9 Å². The molecule has 3 rings (SSSR count). The maximum Gasteiger partial charge on any atom is 0.271 e. The molecule has 6 nitrogen and oxygen atoms in total. The van der Waals surface area contributed by atoms with E-state index in [1.807, 2.05) is 6.07 Å². The number of aromatic amines is 1. The van der Waals surface area contributed by atoms with E-state index in [1.165, 1.54) is 12.3 Å². The van der Waals surface area contributed by atoms with E-state index in [2.05, 4.69) is 31.2 Å². The van der Waals surface area contributed by atoms with Crippen molar-refractivity contribution in [3.8, 4) is 5.75 Å². The van der Waals surface area contributed by atoms with Crippen molar-refractivity contribution in [1.29, 1.82) is 0 Å². The van der Waals surface area contributed by atoms with E-state index in [-0.39, 0.29) is 12.3 Å². The average molecular weight is 409 g/mol. The summed E-state index contributed by atoms with van der Waals surface area (Å²) in [6.07, 6.45) is 3.10. The first-order valence-corrected chi connectivity index (χ1v) is 8.06. The lowest BCUT2D eigenvalue weighted by atomic mass is 10.2. The molecule has 122 valence electrons. The predicted octanol–water partition coefficient (Wildman–Crippen LogP) is 3.36. The number of ether oxygens (including phenoxy) is 1. The van der Waals surface area contributed by atoms with Crippen LogP contribution < -0.4 is 15.6 Å². The Balaban J connectivity index is 1.74. The van der Waals surface area contributed by atoms with Crippen LogP contribution in [0.1, 0.15) is 0 Å². The van der Waals surface area contributed by atoms with Crippen LogP contribution in [0.25, 0.3) is 10.9 Å². The number of pyridine rings is 2. The molecule has 1 amide bonds. The molecule has 8 heteroatoms. The minimum absolute atomic E-state index is 0.136. The molecule has 0 aliphatic heterocycles. The van der Waals surface area contributed by atoms with Gasteiger partial charge in [-0.1, -0.05) is 11.6 Å². The van der Waals surface area contributed by atoms with Crippen molar-refractivity contribution in [1.82, 2.24) is 9.97 Å². The number of fused-ring (bicyclic) bond motifs is 1. The van der Waals surface area contributed by atoms with Crippen LogP contribution in [0, 0.1) is 0 Å². The normalized spacial score (nSPS) is 10.6. The first-order valence-electron chi connectivity index (χ1n) is 6.89. The van der Waals surface area contributed by atoms with Crippen molar-refractivity contribution in [3.05, 3.63) is 62.6 Å². The second-order valence-corrected chi connectivity index (χ2v) is 6.17. The summed E-state index contributed by atoms with van der Waals surface area (Å²) in [5, 5.41) is 3.78. The number of carbonyl (C=O) groups is 1. The molecule has 2 aromatic heterocycles. The lowest BCUT2D eigenvalue weighted by molar-refractivity contribution is -0.118. The average Bonchev–Trinajstić information content (AvgIpc) is 2.58. The van der Waals surface area contributed by atoms with E-state index in [0.29, 0.717) is 20.8 Å². The molecule has 0 fully saturated rings. The quantitative estimate of drug-likeness (QED) is 0.693. The van der Waals surface area contributed by atoms with Crippen LogP contribution in [0.3, 0.4) is 0 Å². The molecule has 0 atom stereocenters. The second kappa shape index (κ2) is 7.02. The van der Waals surface area contributed by atoms with Gasteiger partial charge in [0.1, 0.15) is 17.0 Å². The van der Waals surface area contributed by atoms with Crippen molar-refractivity contribution >= 4 is 50.0 Å². The number of benzene rings is 1. The summed E-state index contributed by atoms with van der Waals surface area (Å²) in [4.78, 5) is 30.4. The van der Waals surface area contributed by atoms with Crippen LogP contribution in [0.4, 0.5) is 5.69 Å². The number of carbonyl (C=O) groups excluding carboxylic acids is 1. The monoisotopic (exact) mass is 407 g/mol. The summed E-state index contributed by atoms with van der Waals surface area (Å²) in [6.45, 7) is -0.265. The van der Waals surface area contributed by atoms with E-state index < -0.39 is 11.5 Å². The number of rotatable bonds is 4. The Morgan fingerprint density at radius 3 is 3.04 bits per heavy atom. The van der Waals surface area contributed by atoms with Gasteiger partial charge in [-0.25, -0.2) is 0 Å². The third kappa shape index (κ3) is 3.58. The predicted molar refractivity (Wildman–Crippen MR) is 95.6 cm³/mol. The SMILES string of the molecule is O=C(COc1ccc(Cl)c2cccnc12)Nc1cc(Br)c[nH]c1=O. The number of amides is 1. The first-order chi connectivity index (χ1) is 11.5. The second-order valence-electron chi connectivity index (χ2n) is 4.84. The highest BCUT2D eigenvalue weighted by Gasteiger charge is 2.10. The number of H-pyrrole nitrogens is 1. The minimum atomic E-state index is -0.461. The fraction of sp³-hybridized carbons (Fsp3) is 0.0625. The van der Waals surface area contributed by atoms with Crippen molar-refractivity contribution in [3.63, 3.8) is 0 Å². The highest BCUT2D eigenvalue weighted by atomic mass is 79.9. The van der Waals surface area contributed by atoms with Gasteiger partial charge in [0.2, 0.25) is 0 Å². The molecule has 0 saturated carbocycles. The molecule has 0 spiro atoms. The van der Waals surface area contributed by atoms with Gasteiger partial charge in [-0.15, -0.1) is 0 Å². The summed E-state index contributed by atoms with van der Waals surface area (Å²) < 4.78 is 6.17. The van der Waals surface area contributed by atoms with E-state index in [9.17, 15) is 9.59 Å². The molecule has 0 unspecified atom stereocenters. The third-order valence-electron chi connectivity index (χ3n) is 3.18. The van der Waals surface area contributed by atoms with Gasteiger partial charge in [0.05, 0.1) is 5.02 Å². The van der Waals surface area contributed by atoms with E-state index in [1.54, 1.807) is 24.4 Å². The molecule has 0 saturated heterocycles. The molecule has 1 aromatic carbocycles. The van der Waals surface area contributed by atoms with Gasteiger partial charge in [-0.3, -0.25) is 14.6 Å². The smallest absolute Gasteiger partial charge is 0.271 e. The fourth-order valence-electron chi connectivity index (χ4n) is 2.11. The van der Waals surface area contributed by atoms with Crippen LogP contribution in [-0.2, 0) is 4.79 Å². The Kier molecular flexibility index (Phi) is 4.82. The zero-order chi connectivity index (χ0) is 17.1. The molecular weight excluding hydrogens is 398 g/mol. The molecule has 2 heterocycles. The summed E-state index contributed by atoms with van der Waals surface area (Å²) in [6, 6.07) is 8.42. The zero-order valence-corrected chi connectivity index (χ0v) is 14.5. The molecule has 0 bridgehead atoms. The van der Waals surface area contributed by atoms with Gasteiger partial charge in [0.15, 0.2) is 6.61 Å². The lowest BCUT2D eigenvalue weighted by Gasteiger charge is -2.10. The van der Waals surface area contributed by atoms with Crippen molar-refractivity contribution in [2.24, 2.45) is 0 Å². The number of nitrogens with one attached hydrogen (secondary N) is 2. The number of halogens is 2. The molecule has 0 radical (unpaired) electrons. The molecule has 0 aliphatic rings. The highest BCUT2D eigenvalue weighted by molar-refractivity contribution is 9.10. The molecule has 3 aromatic rings. The fourth-order valence-corrected chi connectivity index (χ4v) is 2.67. The number of hydrogen-bond donors (Lipinski definition) is 2. The Hall–Kier alpha value is -2.38. The molecule has 0 aliphatic carbocycles. The van der Waals surface area contributed by atoms with Crippen LogP contribution >= 0.6 is 27.5 Å². The zero-order valence-electron chi connectivity index (χ0n) is 12.2. The number of hydrogen-bond acceptors (Lipinski definition) is 4. The Morgan fingerprint density at radius 2 is 2.21 bits per heavy atom. The van der Waals surface area contributed by atoms with Crippen molar-refractivity contribution in [2.45, 2.75) is 0 Å². The molecule has 2 N–H and O–H groups in total. The molecule has 24 heavy (non-hydrogen) atoms. The standard InChI is InChI=1S/C16H11BrClN3O3/c17-9-6-12(16(23)20-7-9)21-14(22)8-24-13-4-3-11(18)10-2-1-5-19-15(10)13/h1-7H,8H2,(H,20,23)(H,21,22). The van der Waals surface area contributed by atoms with Crippen LogP contribution in [0.2, 0.25) is 5.02 Å². The highest BCUT2D eigenvalue weighted by Crippen LogP contribution is 2.29. The maximum atomic E-state index is 12.0. The topological polar surface area (TPSA) is 84.1 Å². The summed E-state index contributed by atoms with van der Waals surface area (Å²) >= 11 is 9.34. The van der Waals surface area contributed by atoms with Gasteiger partial charge in [-0.2, -0.15) is 0 Å². The minimum Gasteiger partial charge on any atom is -0.481 e. The number of aromatic nitrogens is 2. The molecular formula is C16H11BrClN3O3. The lowest BCUT2D eigenvalue weighted by Crippen LogP contribution is -2.24. The van der Waals surface area contributed by atoms with Gasteiger partial charge in [0, 0.05) is 22.3 Å². The van der Waals surface area contributed by atoms with Crippen molar-refractivity contribution < 1.29 is 9.53 Å². The van der Waals surface area contributed by atoms with Gasteiger partial charge >= 0.3 is 0 Å². The maximum absolute atomic E-state index is 12.0. The van der Waals surface area contributed by atoms with Crippen LogP contribution in [0.15, 0.2) is 52.0 Å². The summed E-state index contributed by atoms with van der Waals surface area (Å²) in [5.74, 6) is -0.0223. The van der Waals surface area contributed by atoms with Gasteiger partial charge in [0.25, 0.3) is 11.5 Å². The van der Waals surface area contributed by atoms with E-state index in [4.69, 9.17) is 16.3 Å². The third-order valence-corrected chi connectivity index (χ3v) is 3.97. The number of anilines is 1. The van der Waals surface area contributed by atoms with Gasteiger partial charge < -0.3 is 15.0 Å². The Bertz CT molecular complexity index is 974. The summed E-state index contributed by atoms with van der Waals surface area (Å²) in [5.41, 5.74) is 0.306.